The Morgan fingerprint density at radius 2 is 1.93 bits per heavy atom. The highest BCUT2D eigenvalue weighted by Gasteiger charge is 2.57. The maximum Gasteiger partial charge on any atom is 0.254 e. The lowest BCUT2D eigenvalue weighted by molar-refractivity contribution is -0.114. The smallest absolute Gasteiger partial charge is 0.254 e. The summed E-state index contributed by atoms with van der Waals surface area (Å²) < 4.78 is 14.4. The van der Waals surface area contributed by atoms with Gasteiger partial charge in [-0.15, -0.1) is 0 Å². The molecule has 2 aromatic carbocycles. The molecule has 1 fully saturated rings. The number of nitrogens with one attached hydrogen (secondary N) is 1. The van der Waals surface area contributed by atoms with Crippen LogP contribution in [0.3, 0.4) is 0 Å². The Kier molecular flexibility index (Phi) is 4.64. The van der Waals surface area contributed by atoms with Crippen LogP contribution in [-0.4, -0.2) is 34.4 Å². The first-order chi connectivity index (χ1) is 14.1. The molecule has 6 heteroatoms. The minimum absolute atomic E-state index is 0.0575. The lowest BCUT2D eigenvalue weighted by Gasteiger charge is -2.60. The molecule has 1 heterocycles. The number of nitrogens with zero attached hydrogens (tertiary/aromatic N) is 1. The van der Waals surface area contributed by atoms with E-state index in [4.69, 9.17) is 0 Å². The summed E-state index contributed by atoms with van der Waals surface area (Å²) in [6.45, 7) is 8.42. The van der Waals surface area contributed by atoms with Gasteiger partial charge in [0.25, 0.3) is 5.91 Å². The van der Waals surface area contributed by atoms with Crippen molar-refractivity contribution in [2.45, 2.75) is 52.0 Å². The largest absolute Gasteiger partial charge is 0.508 e. The van der Waals surface area contributed by atoms with Crippen molar-refractivity contribution in [1.82, 2.24) is 4.90 Å². The number of likely N-dealkylation sites (tertiary alicyclic amines) is 1. The number of rotatable bonds is 2. The number of hydrogen-bond acceptors (Lipinski definition) is 3. The minimum atomic E-state index is -0.635. The molecule has 5 nitrogen and oxygen atoms in total. The third kappa shape index (κ3) is 2.89. The van der Waals surface area contributed by atoms with Gasteiger partial charge in [0.2, 0.25) is 5.91 Å². The number of phenolic OH excluding ortho intramolecular Hbond substituents is 1. The number of piperidine rings is 1. The average Bonchev–Trinajstić information content (AvgIpc) is 2.66. The molecule has 2 bridgehead atoms. The molecule has 0 spiro atoms. The molecule has 2 atom stereocenters. The third-order valence-electron chi connectivity index (χ3n) is 7.41. The lowest BCUT2D eigenvalue weighted by atomic mass is 9.51. The van der Waals surface area contributed by atoms with E-state index in [1.165, 1.54) is 19.1 Å². The topological polar surface area (TPSA) is 69.6 Å². The SMILES string of the molecule is CC(=O)Nc1ccc(C(=O)N2CC[C@@]3(C)c4cccc(O)c4C[C@H]2C3(C)C)cc1F. The molecule has 1 aliphatic heterocycles. The normalized spacial score (nSPS) is 24.2. The van der Waals surface area contributed by atoms with E-state index >= 15 is 0 Å². The van der Waals surface area contributed by atoms with Crippen LogP contribution in [0, 0.1) is 11.2 Å². The highest BCUT2D eigenvalue weighted by atomic mass is 19.1. The Bertz CT molecular complexity index is 1050. The number of amides is 2. The fraction of sp³-hybridized carbons (Fsp3) is 0.417. The molecule has 2 amide bonds. The summed E-state index contributed by atoms with van der Waals surface area (Å²) in [4.78, 5) is 26.4. The van der Waals surface area contributed by atoms with Crippen LogP contribution >= 0.6 is 0 Å². The molecule has 30 heavy (non-hydrogen) atoms. The third-order valence-corrected chi connectivity index (χ3v) is 7.41. The van der Waals surface area contributed by atoms with Gasteiger partial charge in [0.05, 0.1) is 5.69 Å². The van der Waals surface area contributed by atoms with Crippen LogP contribution in [-0.2, 0) is 16.6 Å². The predicted molar refractivity (Wildman–Crippen MR) is 113 cm³/mol. The van der Waals surface area contributed by atoms with Crippen LogP contribution in [0.1, 0.15) is 55.6 Å². The van der Waals surface area contributed by atoms with E-state index in [1.54, 1.807) is 12.1 Å². The van der Waals surface area contributed by atoms with Crippen LogP contribution in [0.5, 0.6) is 5.75 Å². The first-order valence-electron chi connectivity index (χ1n) is 10.3. The number of anilines is 1. The van der Waals surface area contributed by atoms with Gasteiger partial charge < -0.3 is 15.3 Å². The monoisotopic (exact) mass is 410 g/mol. The van der Waals surface area contributed by atoms with E-state index in [1.807, 2.05) is 11.0 Å². The molecule has 0 unspecified atom stereocenters. The maximum absolute atomic E-state index is 14.4. The Hall–Kier alpha value is -2.89. The van der Waals surface area contributed by atoms with Gasteiger partial charge in [-0.05, 0) is 53.6 Å². The van der Waals surface area contributed by atoms with Crippen molar-refractivity contribution in [3.63, 3.8) is 0 Å². The van der Waals surface area contributed by atoms with Gasteiger partial charge in [-0.3, -0.25) is 9.59 Å². The van der Waals surface area contributed by atoms with Crippen LogP contribution in [0.25, 0.3) is 0 Å². The summed E-state index contributed by atoms with van der Waals surface area (Å²) in [6, 6.07) is 9.69. The fourth-order valence-electron chi connectivity index (χ4n) is 5.27. The van der Waals surface area contributed by atoms with Crippen LogP contribution in [0.4, 0.5) is 10.1 Å². The first kappa shape index (κ1) is 20.4. The van der Waals surface area contributed by atoms with Crippen molar-refractivity contribution < 1.29 is 19.1 Å². The number of phenols is 1. The van der Waals surface area contributed by atoms with E-state index < -0.39 is 5.82 Å². The molecule has 1 aliphatic carbocycles. The highest BCUT2D eigenvalue weighted by Crippen LogP contribution is 2.57. The van der Waals surface area contributed by atoms with Gasteiger partial charge in [-0.2, -0.15) is 0 Å². The number of halogens is 1. The number of benzene rings is 2. The number of hydrogen-bond donors (Lipinski definition) is 2. The van der Waals surface area contributed by atoms with E-state index in [0.717, 1.165) is 17.5 Å². The van der Waals surface area contributed by atoms with Crippen LogP contribution in [0.15, 0.2) is 36.4 Å². The Balaban J connectivity index is 1.71. The summed E-state index contributed by atoms with van der Waals surface area (Å²) in [5.41, 5.74) is 1.96. The second-order valence-electron chi connectivity index (χ2n) is 9.20. The molecule has 4 rings (SSSR count). The van der Waals surface area contributed by atoms with Gasteiger partial charge >= 0.3 is 0 Å². The van der Waals surface area contributed by atoms with Gasteiger partial charge in [0.1, 0.15) is 11.6 Å². The molecule has 0 saturated carbocycles. The quantitative estimate of drug-likeness (QED) is 0.778. The van der Waals surface area contributed by atoms with Crippen LogP contribution < -0.4 is 5.32 Å². The summed E-state index contributed by atoms with van der Waals surface area (Å²) in [7, 11) is 0. The minimum Gasteiger partial charge on any atom is -0.508 e. The zero-order valence-electron chi connectivity index (χ0n) is 17.8. The molecular weight excluding hydrogens is 383 g/mol. The zero-order chi connectivity index (χ0) is 21.8. The van der Waals surface area contributed by atoms with Crippen molar-refractivity contribution in [3.05, 3.63) is 58.9 Å². The predicted octanol–water partition coefficient (Wildman–Crippen LogP) is 4.24. The summed E-state index contributed by atoms with van der Waals surface area (Å²) in [5.74, 6) is -0.976. The van der Waals surface area contributed by atoms with Crippen molar-refractivity contribution >= 4 is 17.5 Å². The fourth-order valence-corrected chi connectivity index (χ4v) is 5.27. The number of fused-ring (bicyclic) bond motifs is 4. The number of carbonyl (C=O) groups excluding carboxylic acids is 2. The van der Waals surface area contributed by atoms with E-state index in [2.05, 4.69) is 32.2 Å². The Morgan fingerprint density at radius 3 is 2.60 bits per heavy atom. The Morgan fingerprint density at radius 1 is 1.20 bits per heavy atom. The first-order valence-corrected chi connectivity index (χ1v) is 10.3. The van der Waals surface area contributed by atoms with Gasteiger partial charge in [-0.25, -0.2) is 4.39 Å². The van der Waals surface area contributed by atoms with E-state index in [-0.39, 0.29) is 45.7 Å². The Labute approximate surface area is 175 Å². The second kappa shape index (κ2) is 6.83. The zero-order valence-corrected chi connectivity index (χ0v) is 17.8. The van der Waals surface area contributed by atoms with Crippen molar-refractivity contribution in [3.8, 4) is 5.75 Å². The average molecular weight is 410 g/mol. The standard InChI is InChI=1S/C24H27FN2O3/c1-14(28)26-19-9-8-15(12-18(19)25)22(30)27-11-10-24(4)17-6-5-7-20(29)16(17)13-21(27)23(24,2)3/h5-9,12,21,29H,10-11,13H2,1-4H3,(H,26,28)/t21-,24-/m0/s1. The van der Waals surface area contributed by atoms with Crippen molar-refractivity contribution in [2.75, 3.05) is 11.9 Å². The van der Waals surface area contributed by atoms with Gasteiger partial charge in [0.15, 0.2) is 0 Å². The maximum atomic E-state index is 14.4. The second-order valence-corrected chi connectivity index (χ2v) is 9.20. The number of carbonyl (C=O) groups is 2. The molecule has 2 aliphatic rings. The van der Waals surface area contributed by atoms with Crippen LogP contribution in [0.2, 0.25) is 0 Å². The highest BCUT2D eigenvalue weighted by molar-refractivity contribution is 5.96. The number of aromatic hydroxyl groups is 1. The van der Waals surface area contributed by atoms with Gasteiger partial charge in [0, 0.05) is 30.5 Å². The summed E-state index contributed by atoms with van der Waals surface area (Å²) >= 11 is 0. The molecule has 1 saturated heterocycles. The molecule has 0 aromatic heterocycles. The van der Waals surface area contributed by atoms with Crippen molar-refractivity contribution in [2.24, 2.45) is 5.41 Å². The van der Waals surface area contributed by atoms with E-state index in [9.17, 15) is 19.1 Å². The summed E-state index contributed by atoms with van der Waals surface area (Å²) in [5, 5.41) is 12.9. The molecule has 0 radical (unpaired) electrons. The summed E-state index contributed by atoms with van der Waals surface area (Å²) in [6.07, 6.45) is 1.31. The molecule has 2 N–H and O–H groups in total. The molecule has 2 aromatic rings. The van der Waals surface area contributed by atoms with E-state index in [0.29, 0.717) is 13.0 Å². The molecular formula is C24H27FN2O3. The van der Waals surface area contributed by atoms with Crippen molar-refractivity contribution in [1.29, 1.82) is 0 Å². The lowest BCUT2D eigenvalue weighted by Crippen LogP contribution is -2.64. The van der Waals surface area contributed by atoms with Gasteiger partial charge in [-0.1, -0.05) is 32.9 Å². The molecule has 158 valence electrons.